The molecular formula is C38H52Cl2N6O. The Morgan fingerprint density at radius 2 is 1.72 bits per heavy atom. The van der Waals surface area contributed by atoms with Crippen LogP contribution in [0.15, 0.2) is 65.7 Å². The Morgan fingerprint density at radius 3 is 2.45 bits per heavy atom. The van der Waals surface area contributed by atoms with Crippen molar-refractivity contribution in [2.45, 2.75) is 82.3 Å². The number of benzene rings is 3. The topological polar surface area (TPSA) is 91.2 Å². The fourth-order valence-electron chi connectivity index (χ4n) is 7.60. The fourth-order valence-corrected chi connectivity index (χ4v) is 8.09. The molecule has 1 saturated carbocycles. The highest BCUT2D eigenvalue weighted by Crippen LogP contribution is 2.32. The Labute approximate surface area is 291 Å². The highest BCUT2D eigenvalue weighted by atomic mass is 35.5. The summed E-state index contributed by atoms with van der Waals surface area (Å²) in [4.78, 5) is 25.7. The predicted octanol–water partition coefficient (Wildman–Crippen LogP) is 6.77. The van der Waals surface area contributed by atoms with Crippen LogP contribution in [0.2, 0.25) is 10.0 Å². The first-order chi connectivity index (χ1) is 22.7. The Hall–Kier alpha value is -2.84. The van der Waals surface area contributed by atoms with Crippen molar-refractivity contribution in [2.75, 3.05) is 40.3 Å². The van der Waals surface area contributed by atoms with Crippen molar-refractivity contribution in [3.05, 3.63) is 81.8 Å². The number of piperazine rings is 1. The molecule has 3 atom stereocenters. The molecule has 1 aliphatic carbocycles. The van der Waals surface area contributed by atoms with Crippen LogP contribution >= 0.6 is 23.2 Å². The Morgan fingerprint density at radius 1 is 0.957 bits per heavy atom. The molecule has 0 radical (unpaired) electrons. The van der Waals surface area contributed by atoms with Gasteiger partial charge in [-0.3, -0.25) is 14.7 Å². The highest BCUT2D eigenvalue weighted by Gasteiger charge is 2.38. The summed E-state index contributed by atoms with van der Waals surface area (Å²) in [5, 5.41) is 3.73. The Kier molecular flexibility index (Phi) is 12.8. The second-order valence-corrected chi connectivity index (χ2v) is 14.8. The Balaban J connectivity index is 1.39. The summed E-state index contributed by atoms with van der Waals surface area (Å²) >= 11 is 12.9. The van der Waals surface area contributed by atoms with Crippen molar-refractivity contribution in [3.63, 3.8) is 0 Å². The summed E-state index contributed by atoms with van der Waals surface area (Å²) in [6.45, 7) is 3.05. The van der Waals surface area contributed by atoms with Gasteiger partial charge in [-0.1, -0.05) is 104 Å². The van der Waals surface area contributed by atoms with Crippen LogP contribution in [0.3, 0.4) is 0 Å². The number of nitrogens with two attached hydrogens (primary N) is 2. The van der Waals surface area contributed by atoms with E-state index in [0.29, 0.717) is 35.5 Å². The Bertz CT molecular complexity index is 1500. The van der Waals surface area contributed by atoms with Gasteiger partial charge in [0.1, 0.15) is 0 Å². The third-order valence-corrected chi connectivity index (χ3v) is 10.9. The third-order valence-electron chi connectivity index (χ3n) is 10.3. The van der Waals surface area contributed by atoms with E-state index in [0.717, 1.165) is 49.9 Å². The number of likely N-dealkylation sites (N-methyl/N-ethyl adjacent to an activating group) is 1. The van der Waals surface area contributed by atoms with Crippen LogP contribution in [0.1, 0.15) is 62.5 Å². The SMILES string of the molecule is CN(C)C(Cc1ccc(Cl)cc1Cl)CN1CC(CC2CCCCC2)N(C(=O)Cc2ccc3ccccc3c2)CC1CCCN=C(N)N. The number of amides is 1. The zero-order valence-corrected chi connectivity index (χ0v) is 29.6. The van der Waals surface area contributed by atoms with E-state index in [1.165, 1.54) is 42.9 Å². The number of hydrogen-bond donors (Lipinski definition) is 2. The maximum Gasteiger partial charge on any atom is 0.227 e. The maximum atomic E-state index is 14.3. The summed E-state index contributed by atoms with van der Waals surface area (Å²) < 4.78 is 0. The molecule has 1 amide bonds. The van der Waals surface area contributed by atoms with Gasteiger partial charge in [0.25, 0.3) is 0 Å². The van der Waals surface area contributed by atoms with E-state index in [-0.39, 0.29) is 30.0 Å². The largest absolute Gasteiger partial charge is 0.370 e. The quantitative estimate of drug-likeness (QED) is 0.118. The van der Waals surface area contributed by atoms with Crippen molar-refractivity contribution >= 4 is 45.8 Å². The van der Waals surface area contributed by atoms with Gasteiger partial charge in [0, 0.05) is 54.3 Å². The van der Waals surface area contributed by atoms with Crippen LogP contribution in [-0.4, -0.2) is 85.0 Å². The number of carbonyl (C=O) groups excluding carboxylic acids is 1. The molecule has 4 N–H and O–H groups in total. The predicted molar refractivity (Wildman–Crippen MR) is 197 cm³/mol. The van der Waals surface area contributed by atoms with Crippen LogP contribution in [0.5, 0.6) is 0 Å². The van der Waals surface area contributed by atoms with Gasteiger partial charge < -0.3 is 21.3 Å². The number of halogens is 2. The average Bonchev–Trinajstić information content (AvgIpc) is 3.04. The summed E-state index contributed by atoms with van der Waals surface area (Å²) in [5.74, 6) is 1.02. The lowest BCUT2D eigenvalue weighted by Gasteiger charge is -2.49. The monoisotopic (exact) mass is 678 g/mol. The van der Waals surface area contributed by atoms with E-state index < -0.39 is 0 Å². The van der Waals surface area contributed by atoms with Gasteiger partial charge in [0.2, 0.25) is 5.91 Å². The number of aliphatic imine (C=N–C) groups is 1. The molecule has 254 valence electrons. The normalized spacial score (nSPS) is 20.1. The molecule has 0 spiro atoms. The van der Waals surface area contributed by atoms with Crippen LogP contribution in [-0.2, 0) is 17.6 Å². The fraction of sp³-hybridized carbons (Fsp3) is 0.526. The highest BCUT2D eigenvalue weighted by molar-refractivity contribution is 6.35. The molecule has 2 aliphatic rings. The molecule has 47 heavy (non-hydrogen) atoms. The molecule has 0 bridgehead atoms. The molecule has 7 nitrogen and oxygen atoms in total. The lowest BCUT2D eigenvalue weighted by molar-refractivity contribution is -0.138. The summed E-state index contributed by atoms with van der Waals surface area (Å²) in [6, 6.07) is 21.2. The first-order valence-corrected chi connectivity index (χ1v) is 18.1. The second-order valence-electron chi connectivity index (χ2n) is 13.9. The molecule has 3 unspecified atom stereocenters. The van der Waals surface area contributed by atoms with Gasteiger partial charge in [-0.2, -0.15) is 0 Å². The van der Waals surface area contributed by atoms with Crippen molar-refractivity contribution in [1.29, 1.82) is 0 Å². The molecular weight excluding hydrogens is 627 g/mol. The first kappa shape index (κ1) is 35.5. The number of rotatable bonds is 13. The van der Waals surface area contributed by atoms with E-state index >= 15 is 0 Å². The molecule has 3 aromatic rings. The van der Waals surface area contributed by atoms with Crippen LogP contribution in [0, 0.1) is 5.92 Å². The molecule has 0 aromatic heterocycles. The van der Waals surface area contributed by atoms with Gasteiger partial charge >= 0.3 is 0 Å². The average molecular weight is 680 g/mol. The molecule has 5 rings (SSSR count). The summed E-state index contributed by atoms with van der Waals surface area (Å²) in [7, 11) is 4.29. The molecule has 9 heteroatoms. The van der Waals surface area contributed by atoms with Gasteiger partial charge in [-0.15, -0.1) is 0 Å². The van der Waals surface area contributed by atoms with Gasteiger partial charge in [0.05, 0.1) is 6.42 Å². The number of fused-ring (bicyclic) bond motifs is 1. The molecule has 1 aliphatic heterocycles. The lowest BCUT2D eigenvalue weighted by Crippen LogP contribution is -2.62. The van der Waals surface area contributed by atoms with Crippen molar-refractivity contribution < 1.29 is 4.79 Å². The van der Waals surface area contributed by atoms with E-state index in [4.69, 9.17) is 34.7 Å². The second kappa shape index (κ2) is 17.0. The zero-order chi connectivity index (χ0) is 33.3. The minimum Gasteiger partial charge on any atom is -0.370 e. The number of nitrogens with zero attached hydrogens (tertiary/aromatic N) is 4. The standard InChI is InChI=1S/C38H52Cl2N6O/c1-44(2)34(22-31-16-17-32(39)23-36(31)40)24-45-25-35(20-27-9-4-3-5-10-27)46(26-33(45)13-8-18-43-38(41)42)37(47)21-28-14-15-29-11-6-7-12-30(29)19-28/h6-7,11-12,14-17,19,23,27,33-35H,3-5,8-10,13,18,20-22,24-26H2,1-2H3,(H4,41,42,43). The number of guanidine groups is 1. The maximum absolute atomic E-state index is 14.3. The van der Waals surface area contributed by atoms with Gasteiger partial charge in [-0.05, 0) is 79.7 Å². The van der Waals surface area contributed by atoms with E-state index in [1.54, 1.807) is 0 Å². The van der Waals surface area contributed by atoms with Crippen molar-refractivity contribution in [3.8, 4) is 0 Å². The van der Waals surface area contributed by atoms with Gasteiger partial charge in [-0.25, -0.2) is 0 Å². The smallest absolute Gasteiger partial charge is 0.227 e. The molecule has 2 fully saturated rings. The first-order valence-electron chi connectivity index (χ1n) is 17.3. The third kappa shape index (κ3) is 10.1. The molecule has 1 saturated heterocycles. The van der Waals surface area contributed by atoms with E-state index in [2.05, 4.69) is 76.3 Å². The molecule has 1 heterocycles. The summed E-state index contributed by atoms with van der Waals surface area (Å²) in [6.07, 6.45) is 10.5. The van der Waals surface area contributed by atoms with Crippen LogP contribution in [0.25, 0.3) is 10.8 Å². The lowest BCUT2D eigenvalue weighted by atomic mass is 9.83. The zero-order valence-electron chi connectivity index (χ0n) is 28.1. The minimum atomic E-state index is 0.123. The number of carbonyl (C=O) groups is 1. The number of hydrogen-bond acceptors (Lipinski definition) is 4. The van der Waals surface area contributed by atoms with E-state index in [1.807, 2.05) is 18.2 Å². The van der Waals surface area contributed by atoms with Gasteiger partial charge in [0.15, 0.2) is 5.96 Å². The molecule has 3 aromatic carbocycles. The summed E-state index contributed by atoms with van der Waals surface area (Å²) in [5.41, 5.74) is 13.5. The van der Waals surface area contributed by atoms with Crippen LogP contribution in [0.4, 0.5) is 0 Å². The van der Waals surface area contributed by atoms with Crippen molar-refractivity contribution in [1.82, 2.24) is 14.7 Å². The van der Waals surface area contributed by atoms with Crippen molar-refractivity contribution in [2.24, 2.45) is 22.4 Å². The minimum absolute atomic E-state index is 0.123. The van der Waals surface area contributed by atoms with Crippen LogP contribution < -0.4 is 11.5 Å². The van der Waals surface area contributed by atoms with E-state index in [9.17, 15) is 4.79 Å².